The lowest BCUT2D eigenvalue weighted by Crippen LogP contribution is -2.42. The second-order valence-corrected chi connectivity index (χ2v) is 10.6. The molecule has 0 aliphatic carbocycles. The Hall–Kier alpha value is -2.18. The lowest BCUT2D eigenvalue weighted by atomic mass is 9.94. The van der Waals surface area contributed by atoms with Crippen LogP contribution >= 0.6 is 0 Å². The van der Waals surface area contributed by atoms with Crippen LogP contribution in [0.5, 0.6) is 0 Å². The minimum atomic E-state index is -3.54. The number of hydrogen-bond acceptors (Lipinski definition) is 3. The lowest BCUT2D eigenvalue weighted by molar-refractivity contribution is 0.0981. The lowest BCUT2D eigenvalue weighted by Gasteiger charge is -2.34. The highest BCUT2D eigenvalue weighted by atomic mass is 32.2. The molecule has 2 aliphatic rings. The summed E-state index contributed by atoms with van der Waals surface area (Å²) in [5.41, 5.74) is 2.62. The van der Waals surface area contributed by atoms with Gasteiger partial charge in [-0.25, -0.2) is 8.42 Å². The van der Waals surface area contributed by atoms with E-state index >= 15 is 0 Å². The number of rotatable bonds is 3. The van der Waals surface area contributed by atoms with Crippen molar-refractivity contribution in [3.8, 4) is 0 Å². The van der Waals surface area contributed by atoms with E-state index in [1.165, 1.54) is 5.56 Å². The topological polar surface area (TPSA) is 57.7 Å². The quantitative estimate of drug-likeness (QED) is 0.767. The molecule has 0 radical (unpaired) electrons. The number of para-hydroxylation sites is 1. The number of hydrogen-bond donors (Lipinski definition) is 0. The van der Waals surface area contributed by atoms with Crippen LogP contribution in [-0.2, 0) is 16.4 Å². The minimum Gasteiger partial charge on any atom is -0.305 e. The molecule has 1 saturated heterocycles. The van der Waals surface area contributed by atoms with Crippen LogP contribution in [0.2, 0.25) is 0 Å². The standard InChI is InChI=1S/C23H28N2O3S/c1-16-12-17(2)15-24(14-16)29(27,28)21-10-8-19(9-11-21)23(26)25-18(3)13-20-6-4-5-7-22(20)25/h4-11,16-18H,12-15H2,1-3H3/t16-,17-,18+/m1/s1. The highest BCUT2D eigenvalue weighted by Gasteiger charge is 2.33. The van der Waals surface area contributed by atoms with Gasteiger partial charge in [0.1, 0.15) is 0 Å². The third-order valence-electron chi connectivity index (χ3n) is 6.00. The molecule has 5 nitrogen and oxygen atoms in total. The summed E-state index contributed by atoms with van der Waals surface area (Å²) in [6, 6.07) is 14.4. The molecule has 154 valence electrons. The molecule has 0 aromatic heterocycles. The summed E-state index contributed by atoms with van der Waals surface area (Å²) >= 11 is 0. The van der Waals surface area contributed by atoms with Crippen molar-refractivity contribution in [2.75, 3.05) is 18.0 Å². The van der Waals surface area contributed by atoms with Gasteiger partial charge in [0.2, 0.25) is 10.0 Å². The number of amides is 1. The Bertz CT molecular complexity index is 1010. The third kappa shape index (κ3) is 3.71. The van der Waals surface area contributed by atoms with Crippen LogP contribution < -0.4 is 4.90 Å². The van der Waals surface area contributed by atoms with Gasteiger partial charge in [0.25, 0.3) is 5.91 Å². The summed E-state index contributed by atoms with van der Waals surface area (Å²) in [6.45, 7) is 7.32. The molecule has 0 unspecified atom stereocenters. The number of nitrogens with zero attached hydrogens (tertiary/aromatic N) is 2. The van der Waals surface area contributed by atoms with E-state index in [0.717, 1.165) is 18.5 Å². The summed E-state index contributed by atoms with van der Waals surface area (Å²) in [7, 11) is -3.54. The van der Waals surface area contributed by atoms with Crippen molar-refractivity contribution >= 4 is 21.6 Å². The fourth-order valence-electron chi connectivity index (χ4n) is 4.73. The predicted octanol–water partition coefficient (Wildman–Crippen LogP) is 3.94. The number of piperidine rings is 1. The molecule has 2 aromatic carbocycles. The van der Waals surface area contributed by atoms with E-state index in [1.807, 2.05) is 30.0 Å². The molecular formula is C23H28N2O3S. The molecule has 6 heteroatoms. The Balaban J connectivity index is 1.57. The third-order valence-corrected chi connectivity index (χ3v) is 7.85. The zero-order chi connectivity index (χ0) is 20.8. The van der Waals surface area contributed by atoms with Crippen LogP contribution in [0.3, 0.4) is 0 Å². The Kier molecular flexibility index (Phi) is 5.25. The molecule has 2 aromatic rings. The van der Waals surface area contributed by atoms with Crippen LogP contribution in [0.15, 0.2) is 53.4 Å². The first kappa shape index (κ1) is 20.1. The molecular weight excluding hydrogens is 384 g/mol. The first-order valence-corrected chi connectivity index (χ1v) is 11.7. The van der Waals surface area contributed by atoms with Crippen molar-refractivity contribution in [1.82, 2.24) is 4.31 Å². The Morgan fingerprint density at radius 1 is 0.931 bits per heavy atom. The van der Waals surface area contributed by atoms with Crippen LogP contribution in [0.25, 0.3) is 0 Å². The second-order valence-electron chi connectivity index (χ2n) is 8.65. The highest BCUT2D eigenvalue weighted by molar-refractivity contribution is 7.89. The predicted molar refractivity (Wildman–Crippen MR) is 115 cm³/mol. The first-order valence-electron chi connectivity index (χ1n) is 10.3. The number of fused-ring (bicyclic) bond motifs is 1. The van der Waals surface area contributed by atoms with E-state index in [4.69, 9.17) is 0 Å². The molecule has 1 fully saturated rings. The molecule has 1 amide bonds. The van der Waals surface area contributed by atoms with Gasteiger partial charge in [-0.3, -0.25) is 4.79 Å². The fourth-order valence-corrected chi connectivity index (χ4v) is 6.41. The van der Waals surface area contributed by atoms with E-state index in [2.05, 4.69) is 19.9 Å². The van der Waals surface area contributed by atoms with Crippen molar-refractivity contribution in [2.45, 2.75) is 44.6 Å². The van der Waals surface area contributed by atoms with Gasteiger partial charge in [0.05, 0.1) is 4.90 Å². The average molecular weight is 413 g/mol. The van der Waals surface area contributed by atoms with E-state index in [-0.39, 0.29) is 16.8 Å². The zero-order valence-corrected chi connectivity index (χ0v) is 18.0. The maximum Gasteiger partial charge on any atom is 0.258 e. The molecule has 29 heavy (non-hydrogen) atoms. The Morgan fingerprint density at radius 3 is 2.21 bits per heavy atom. The van der Waals surface area contributed by atoms with Crippen molar-refractivity contribution in [2.24, 2.45) is 11.8 Å². The van der Waals surface area contributed by atoms with Crippen LogP contribution in [0, 0.1) is 11.8 Å². The number of carbonyl (C=O) groups excluding carboxylic acids is 1. The first-order chi connectivity index (χ1) is 13.8. The summed E-state index contributed by atoms with van der Waals surface area (Å²) < 4.78 is 27.7. The Morgan fingerprint density at radius 2 is 1.55 bits per heavy atom. The molecule has 0 spiro atoms. The van der Waals surface area contributed by atoms with Crippen LogP contribution in [0.4, 0.5) is 5.69 Å². The molecule has 0 bridgehead atoms. The largest absolute Gasteiger partial charge is 0.305 e. The van der Waals surface area contributed by atoms with E-state index in [0.29, 0.717) is 30.5 Å². The van der Waals surface area contributed by atoms with Gasteiger partial charge >= 0.3 is 0 Å². The SMILES string of the molecule is C[C@@H]1C[C@@H](C)CN(S(=O)(=O)c2ccc(C(=O)N3c4ccccc4C[C@@H]3C)cc2)C1. The van der Waals surface area contributed by atoms with Gasteiger partial charge in [-0.1, -0.05) is 32.0 Å². The van der Waals surface area contributed by atoms with E-state index < -0.39 is 10.0 Å². The van der Waals surface area contributed by atoms with Gasteiger partial charge in [-0.05, 0) is 67.5 Å². The number of benzene rings is 2. The van der Waals surface area contributed by atoms with Gasteiger partial charge < -0.3 is 4.90 Å². The number of anilines is 1. The van der Waals surface area contributed by atoms with Crippen molar-refractivity contribution in [1.29, 1.82) is 0 Å². The van der Waals surface area contributed by atoms with Crippen LogP contribution in [0.1, 0.15) is 43.1 Å². The van der Waals surface area contributed by atoms with Crippen molar-refractivity contribution in [3.05, 3.63) is 59.7 Å². The maximum absolute atomic E-state index is 13.1. The summed E-state index contributed by atoms with van der Waals surface area (Å²) in [5, 5.41) is 0. The Labute approximate surface area is 173 Å². The summed E-state index contributed by atoms with van der Waals surface area (Å²) in [4.78, 5) is 15.2. The monoisotopic (exact) mass is 412 g/mol. The average Bonchev–Trinajstić information content (AvgIpc) is 3.02. The van der Waals surface area contributed by atoms with Crippen molar-refractivity contribution < 1.29 is 13.2 Å². The molecule has 3 atom stereocenters. The molecule has 2 heterocycles. The minimum absolute atomic E-state index is 0.0830. The summed E-state index contributed by atoms with van der Waals surface area (Å²) in [5.74, 6) is 0.615. The van der Waals surface area contributed by atoms with E-state index in [9.17, 15) is 13.2 Å². The molecule has 2 aliphatic heterocycles. The summed E-state index contributed by atoms with van der Waals surface area (Å²) in [6.07, 6.45) is 1.88. The van der Waals surface area contributed by atoms with Crippen LogP contribution in [-0.4, -0.2) is 37.8 Å². The maximum atomic E-state index is 13.1. The highest BCUT2D eigenvalue weighted by Crippen LogP contribution is 2.33. The van der Waals surface area contributed by atoms with Crippen molar-refractivity contribution in [3.63, 3.8) is 0 Å². The van der Waals surface area contributed by atoms with E-state index in [1.54, 1.807) is 28.6 Å². The van der Waals surface area contributed by atoms with Gasteiger partial charge in [-0.2, -0.15) is 4.31 Å². The van der Waals surface area contributed by atoms with Gasteiger partial charge in [-0.15, -0.1) is 0 Å². The van der Waals surface area contributed by atoms with Gasteiger partial charge in [0.15, 0.2) is 0 Å². The normalized spacial score (nSPS) is 25.1. The fraction of sp³-hybridized carbons (Fsp3) is 0.435. The molecule has 4 rings (SSSR count). The molecule has 0 saturated carbocycles. The molecule has 0 N–H and O–H groups in total. The number of carbonyl (C=O) groups is 1. The number of sulfonamides is 1. The smallest absolute Gasteiger partial charge is 0.258 e. The van der Waals surface area contributed by atoms with Gasteiger partial charge in [0, 0.05) is 30.4 Å². The second kappa shape index (κ2) is 7.58. The zero-order valence-electron chi connectivity index (χ0n) is 17.2.